The third-order valence-corrected chi connectivity index (χ3v) is 3.34. The molecule has 0 aromatic heterocycles. The van der Waals surface area contributed by atoms with E-state index in [2.05, 4.69) is 24.3 Å². The van der Waals surface area contributed by atoms with Gasteiger partial charge in [0, 0.05) is 0 Å². The van der Waals surface area contributed by atoms with Gasteiger partial charge in [0.1, 0.15) is 0 Å². The number of hydrogen-bond acceptors (Lipinski definition) is 2. The summed E-state index contributed by atoms with van der Waals surface area (Å²) in [6.07, 6.45) is 5.20. The maximum absolute atomic E-state index is 9.01. The second-order valence-corrected chi connectivity index (χ2v) is 3.89. The number of nitriles is 2. The monoisotopic (exact) mass is 158 g/mol. The highest BCUT2D eigenvalue weighted by molar-refractivity contribution is 5.27. The van der Waals surface area contributed by atoms with Crippen LogP contribution in [0.2, 0.25) is 0 Å². The standard InChI is InChI=1S/C10H10N2/c1-10(6-12)8-3-2-7(4-8)9(10)5-11/h2-3,7-9H,4H2,1H3. The molecule has 0 N–H and O–H groups in total. The highest BCUT2D eigenvalue weighted by Gasteiger charge is 2.53. The molecule has 2 bridgehead atoms. The molecule has 4 unspecified atom stereocenters. The fourth-order valence-corrected chi connectivity index (χ4v) is 2.48. The van der Waals surface area contributed by atoms with Gasteiger partial charge in [-0.1, -0.05) is 12.2 Å². The first-order chi connectivity index (χ1) is 5.72. The predicted molar refractivity (Wildman–Crippen MR) is 43.6 cm³/mol. The molecule has 2 nitrogen and oxygen atoms in total. The molecule has 1 saturated carbocycles. The Labute approximate surface area is 72.1 Å². The second-order valence-electron chi connectivity index (χ2n) is 3.89. The summed E-state index contributed by atoms with van der Waals surface area (Å²) in [5, 5.41) is 17.9. The van der Waals surface area contributed by atoms with Crippen LogP contribution in [0.1, 0.15) is 13.3 Å². The minimum absolute atomic E-state index is 0.0856. The van der Waals surface area contributed by atoms with Crippen molar-refractivity contribution in [2.45, 2.75) is 13.3 Å². The van der Waals surface area contributed by atoms with E-state index in [1.165, 1.54) is 0 Å². The lowest BCUT2D eigenvalue weighted by Crippen LogP contribution is -2.28. The molecule has 1 fully saturated rings. The van der Waals surface area contributed by atoms with E-state index in [0.717, 1.165) is 6.42 Å². The van der Waals surface area contributed by atoms with Crippen LogP contribution in [-0.2, 0) is 0 Å². The summed E-state index contributed by atoms with van der Waals surface area (Å²) in [6, 6.07) is 4.56. The van der Waals surface area contributed by atoms with Gasteiger partial charge >= 0.3 is 0 Å². The minimum atomic E-state index is -0.422. The quantitative estimate of drug-likeness (QED) is 0.505. The van der Waals surface area contributed by atoms with Crippen LogP contribution in [0.5, 0.6) is 0 Å². The van der Waals surface area contributed by atoms with E-state index in [0.29, 0.717) is 11.8 Å². The van der Waals surface area contributed by atoms with E-state index < -0.39 is 5.41 Å². The molecule has 4 atom stereocenters. The Morgan fingerprint density at radius 1 is 1.42 bits per heavy atom. The Kier molecular flexibility index (Phi) is 1.30. The molecule has 2 heteroatoms. The molecular formula is C10H10N2. The number of fused-ring (bicyclic) bond motifs is 2. The number of allylic oxidation sites excluding steroid dienone is 2. The van der Waals surface area contributed by atoms with Crippen molar-refractivity contribution < 1.29 is 0 Å². The fraction of sp³-hybridized carbons (Fsp3) is 0.600. The van der Waals surface area contributed by atoms with Gasteiger partial charge in [0.05, 0.1) is 23.5 Å². The van der Waals surface area contributed by atoms with Crippen LogP contribution in [0.4, 0.5) is 0 Å². The Morgan fingerprint density at radius 3 is 2.67 bits per heavy atom. The summed E-state index contributed by atoms with van der Waals surface area (Å²) < 4.78 is 0. The third-order valence-electron chi connectivity index (χ3n) is 3.34. The van der Waals surface area contributed by atoms with Gasteiger partial charge in [0.25, 0.3) is 0 Å². The predicted octanol–water partition coefficient (Wildman–Crippen LogP) is 1.86. The summed E-state index contributed by atoms with van der Waals surface area (Å²) in [5.74, 6) is 0.569. The maximum atomic E-state index is 9.01. The van der Waals surface area contributed by atoms with Crippen LogP contribution in [0.15, 0.2) is 12.2 Å². The van der Waals surface area contributed by atoms with Crippen LogP contribution in [0.3, 0.4) is 0 Å². The van der Waals surface area contributed by atoms with Crippen LogP contribution in [0.25, 0.3) is 0 Å². The number of rotatable bonds is 0. The average molecular weight is 158 g/mol. The highest BCUT2D eigenvalue weighted by Crippen LogP contribution is 2.55. The van der Waals surface area contributed by atoms with Crippen molar-refractivity contribution >= 4 is 0 Å². The molecular weight excluding hydrogens is 148 g/mol. The summed E-state index contributed by atoms with van der Waals surface area (Å²) in [6.45, 7) is 1.91. The fourth-order valence-electron chi connectivity index (χ4n) is 2.48. The van der Waals surface area contributed by atoms with Crippen molar-refractivity contribution in [3.63, 3.8) is 0 Å². The van der Waals surface area contributed by atoms with Crippen LogP contribution >= 0.6 is 0 Å². The van der Waals surface area contributed by atoms with E-state index >= 15 is 0 Å². The summed E-state index contributed by atoms with van der Waals surface area (Å²) in [4.78, 5) is 0. The SMILES string of the molecule is CC1(C#N)C2C=CC(C2)C1C#N. The van der Waals surface area contributed by atoms with Gasteiger partial charge < -0.3 is 0 Å². The Balaban J connectivity index is 2.44. The average Bonchev–Trinajstić information content (AvgIpc) is 2.63. The van der Waals surface area contributed by atoms with Gasteiger partial charge in [-0.15, -0.1) is 0 Å². The number of nitrogens with zero attached hydrogens (tertiary/aromatic N) is 2. The third kappa shape index (κ3) is 0.630. The van der Waals surface area contributed by atoms with E-state index in [-0.39, 0.29) is 5.92 Å². The molecule has 0 radical (unpaired) electrons. The molecule has 2 aliphatic carbocycles. The Bertz CT molecular complexity index is 318. The van der Waals surface area contributed by atoms with E-state index in [9.17, 15) is 0 Å². The van der Waals surface area contributed by atoms with Crippen molar-refractivity contribution in [2.24, 2.45) is 23.2 Å². The summed E-state index contributed by atoms with van der Waals surface area (Å²) in [5.41, 5.74) is -0.422. The summed E-state index contributed by atoms with van der Waals surface area (Å²) in [7, 11) is 0. The lowest BCUT2D eigenvalue weighted by Gasteiger charge is -2.27. The highest BCUT2D eigenvalue weighted by atomic mass is 14.6. The topological polar surface area (TPSA) is 47.6 Å². The Hall–Kier alpha value is -1.28. The lowest BCUT2D eigenvalue weighted by molar-refractivity contribution is 0.300. The summed E-state index contributed by atoms with van der Waals surface area (Å²) >= 11 is 0. The molecule has 0 heterocycles. The van der Waals surface area contributed by atoms with E-state index in [1.807, 2.05) is 6.92 Å². The van der Waals surface area contributed by atoms with Crippen LogP contribution < -0.4 is 0 Å². The van der Waals surface area contributed by atoms with Crippen LogP contribution in [0, 0.1) is 45.8 Å². The smallest absolute Gasteiger partial charge is 0.0772 e. The maximum Gasteiger partial charge on any atom is 0.0772 e. The van der Waals surface area contributed by atoms with Crippen molar-refractivity contribution in [3.05, 3.63) is 12.2 Å². The van der Waals surface area contributed by atoms with Crippen molar-refractivity contribution in [1.29, 1.82) is 10.5 Å². The normalized spacial score (nSPS) is 48.8. The van der Waals surface area contributed by atoms with Crippen molar-refractivity contribution in [3.8, 4) is 12.1 Å². The molecule has 60 valence electrons. The van der Waals surface area contributed by atoms with Gasteiger partial charge in [-0.25, -0.2) is 0 Å². The lowest BCUT2D eigenvalue weighted by atomic mass is 9.72. The minimum Gasteiger partial charge on any atom is -0.198 e. The molecule has 0 aromatic rings. The second kappa shape index (κ2) is 2.11. The zero-order valence-corrected chi connectivity index (χ0v) is 6.99. The van der Waals surface area contributed by atoms with Gasteiger partial charge in [-0.3, -0.25) is 0 Å². The molecule has 0 aromatic carbocycles. The zero-order valence-electron chi connectivity index (χ0n) is 6.99. The van der Waals surface area contributed by atoms with Crippen molar-refractivity contribution in [2.75, 3.05) is 0 Å². The van der Waals surface area contributed by atoms with Gasteiger partial charge in [0.15, 0.2) is 0 Å². The van der Waals surface area contributed by atoms with Crippen LogP contribution in [-0.4, -0.2) is 0 Å². The van der Waals surface area contributed by atoms with Gasteiger partial charge in [0.2, 0.25) is 0 Å². The first-order valence-corrected chi connectivity index (χ1v) is 4.21. The molecule has 0 spiro atoms. The number of hydrogen-bond donors (Lipinski definition) is 0. The van der Waals surface area contributed by atoms with E-state index in [4.69, 9.17) is 10.5 Å². The van der Waals surface area contributed by atoms with Gasteiger partial charge in [-0.05, 0) is 25.2 Å². The Morgan fingerprint density at radius 2 is 2.17 bits per heavy atom. The largest absolute Gasteiger partial charge is 0.198 e. The molecule has 2 rings (SSSR count). The van der Waals surface area contributed by atoms with Crippen molar-refractivity contribution in [1.82, 2.24) is 0 Å². The van der Waals surface area contributed by atoms with E-state index in [1.54, 1.807) is 0 Å². The molecule has 2 aliphatic rings. The molecule has 12 heavy (non-hydrogen) atoms. The first-order valence-electron chi connectivity index (χ1n) is 4.21. The molecule has 0 aliphatic heterocycles. The van der Waals surface area contributed by atoms with Gasteiger partial charge in [-0.2, -0.15) is 10.5 Å². The zero-order chi connectivity index (χ0) is 8.77. The molecule has 0 amide bonds. The molecule has 0 saturated heterocycles. The first kappa shape index (κ1) is 7.37.